The van der Waals surface area contributed by atoms with Crippen LogP contribution in [0.3, 0.4) is 0 Å². The molecule has 0 aliphatic heterocycles. The van der Waals surface area contributed by atoms with E-state index in [1.54, 1.807) is 0 Å². The Morgan fingerprint density at radius 3 is 1.24 bits per heavy atom. The normalized spacial score (nSPS) is 11.5. The third-order valence-electron chi connectivity index (χ3n) is 9.47. The van der Waals surface area contributed by atoms with Crippen molar-refractivity contribution in [2.24, 2.45) is 0 Å². The van der Waals surface area contributed by atoms with Crippen molar-refractivity contribution in [2.45, 2.75) is 0 Å². The van der Waals surface area contributed by atoms with Crippen LogP contribution in [0.1, 0.15) is 0 Å². The molecule has 0 saturated carbocycles. The van der Waals surface area contributed by atoms with Crippen LogP contribution in [0.4, 0.5) is 0 Å². The van der Waals surface area contributed by atoms with E-state index in [1.165, 1.54) is 87.6 Å². The Labute approximate surface area is 268 Å². The van der Waals surface area contributed by atoms with Gasteiger partial charge in [0, 0.05) is 0 Å². The molecule has 0 unspecified atom stereocenters. The molecule has 0 N–H and O–H groups in total. The Morgan fingerprint density at radius 1 is 0.217 bits per heavy atom. The van der Waals surface area contributed by atoms with E-state index in [4.69, 9.17) is 0 Å². The molecule has 0 heteroatoms. The lowest BCUT2D eigenvalue weighted by atomic mass is 9.84. The van der Waals surface area contributed by atoms with Crippen molar-refractivity contribution in [3.05, 3.63) is 182 Å². The van der Waals surface area contributed by atoms with E-state index in [-0.39, 0.29) is 0 Å². The van der Waals surface area contributed by atoms with Crippen molar-refractivity contribution >= 4 is 43.1 Å². The minimum atomic E-state index is 1.22. The highest BCUT2D eigenvalue weighted by atomic mass is 14.2. The molecule has 0 bridgehead atoms. The molecule has 0 nitrogen and oxygen atoms in total. The topological polar surface area (TPSA) is 0 Å². The van der Waals surface area contributed by atoms with Crippen molar-refractivity contribution in [1.82, 2.24) is 0 Å². The second kappa shape index (κ2) is 10.9. The van der Waals surface area contributed by atoms with Gasteiger partial charge in [0.2, 0.25) is 0 Å². The van der Waals surface area contributed by atoms with Gasteiger partial charge in [-0.25, -0.2) is 0 Å². The van der Waals surface area contributed by atoms with Gasteiger partial charge in [0.1, 0.15) is 0 Å². The molecule has 0 amide bonds. The molecule has 0 heterocycles. The Hall–Kier alpha value is -5.98. The standard InChI is InChI=1S/C46H30/c1-2-12-37-30-38(29-26-31(37)10-1)34-22-20-32(21-23-34)33-24-27-36(28-25-33)45-41-15-5-7-17-43(41)46(44-18-8-6-16-42(44)45)40-19-9-13-35-11-3-4-14-39(35)40/h1-30H. The SMILES string of the molecule is c1ccc2cc(-c3ccc(-c4ccc(-c5c6ccccc6c(-c6cccc7ccccc67)c6ccccc56)cc4)cc3)ccc2c1. The molecule has 9 rings (SSSR count). The van der Waals surface area contributed by atoms with Gasteiger partial charge in [0.15, 0.2) is 0 Å². The van der Waals surface area contributed by atoms with E-state index < -0.39 is 0 Å². The summed E-state index contributed by atoms with van der Waals surface area (Å²) in [5, 5.41) is 10.2. The molecule has 0 atom stereocenters. The van der Waals surface area contributed by atoms with Gasteiger partial charge in [-0.15, -0.1) is 0 Å². The van der Waals surface area contributed by atoms with Gasteiger partial charge in [-0.1, -0.05) is 176 Å². The molecule has 9 aromatic carbocycles. The van der Waals surface area contributed by atoms with E-state index in [0.29, 0.717) is 0 Å². The molecule has 0 fully saturated rings. The van der Waals surface area contributed by atoms with Crippen LogP contribution in [0.25, 0.3) is 87.6 Å². The number of fused-ring (bicyclic) bond motifs is 4. The van der Waals surface area contributed by atoms with Crippen LogP contribution < -0.4 is 0 Å². The summed E-state index contributed by atoms with van der Waals surface area (Å²) in [5.74, 6) is 0. The lowest BCUT2D eigenvalue weighted by Gasteiger charge is -2.19. The predicted octanol–water partition coefficient (Wildman–Crippen LogP) is 13.0. The summed E-state index contributed by atoms with van der Waals surface area (Å²) in [5.41, 5.74) is 10.0. The van der Waals surface area contributed by atoms with Crippen LogP contribution in [0, 0.1) is 0 Å². The fraction of sp³-hybridized carbons (Fsp3) is 0. The van der Waals surface area contributed by atoms with Crippen LogP contribution in [0.15, 0.2) is 182 Å². The van der Waals surface area contributed by atoms with Crippen molar-refractivity contribution in [3.8, 4) is 44.5 Å². The average molecular weight is 583 g/mol. The summed E-state index contributed by atoms with van der Waals surface area (Å²) < 4.78 is 0. The molecule has 46 heavy (non-hydrogen) atoms. The summed E-state index contributed by atoms with van der Waals surface area (Å²) in [4.78, 5) is 0. The van der Waals surface area contributed by atoms with E-state index in [1.807, 2.05) is 0 Å². The highest BCUT2D eigenvalue weighted by Gasteiger charge is 2.17. The average Bonchev–Trinajstić information content (AvgIpc) is 3.13. The van der Waals surface area contributed by atoms with Crippen LogP contribution in [-0.4, -0.2) is 0 Å². The summed E-state index contributed by atoms with van der Waals surface area (Å²) in [6.45, 7) is 0. The van der Waals surface area contributed by atoms with E-state index in [9.17, 15) is 0 Å². The molecular formula is C46H30. The molecular weight excluding hydrogens is 553 g/mol. The number of hydrogen-bond acceptors (Lipinski definition) is 0. The van der Waals surface area contributed by atoms with Gasteiger partial charge in [0.25, 0.3) is 0 Å². The van der Waals surface area contributed by atoms with Gasteiger partial charge in [-0.05, 0) is 93.7 Å². The third kappa shape index (κ3) is 4.38. The maximum absolute atomic E-state index is 2.29. The van der Waals surface area contributed by atoms with E-state index >= 15 is 0 Å². The Kier molecular flexibility index (Phi) is 6.25. The van der Waals surface area contributed by atoms with Crippen LogP contribution >= 0.6 is 0 Å². The predicted molar refractivity (Wildman–Crippen MR) is 198 cm³/mol. The number of rotatable bonds is 4. The quantitative estimate of drug-likeness (QED) is 0.181. The zero-order chi connectivity index (χ0) is 30.5. The molecule has 0 radical (unpaired) electrons. The van der Waals surface area contributed by atoms with Gasteiger partial charge in [-0.3, -0.25) is 0 Å². The number of benzene rings is 9. The largest absolute Gasteiger partial charge is 0.0616 e. The molecule has 0 saturated heterocycles. The van der Waals surface area contributed by atoms with Crippen molar-refractivity contribution in [3.63, 3.8) is 0 Å². The summed E-state index contributed by atoms with van der Waals surface area (Å²) in [6.07, 6.45) is 0. The van der Waals surface area contributed by atoms with Crippen LogP contribution in [0.5, 0.6) is 0 Å². The molecule has 0 spiro atoms. The first-order chi connectivity index (χ1) is 22.8. The van der Waals surface area contributed by atoms with Crippen molar-refractivity contribution in [1.29, 1.82) is 0 Å². The zero-order valence-electron chi connectivity index (χ0n) is 25.3. The van der Waals surface area contributed by atoms with Crippen LogP contribution in [0.2, 0.25) is 0 Å². The minimum absolute atomic E-state index is 1.22. The smallest absolute Gasteiger partial charge is 0.00201 e. The van der Waals surface area contributed by atoms with Crippen molar-refractivity contribution < 1.29 is 0 Å². The lowest BCUT2D eigenvalue weighted by Crippen LogP contribution is -1.91. The lowest BCUT2D eigenvalue weighted by molar-refractivity contribution is 1.59. The molecule has 0 aliphatic rings. The Bertz CT molecular complexity index is 2490. The van der Waals surface area contributed by atoms with Gasteiger partial charge < -0.3 is 0 Å². The Morgan fingerprint density at radius 2 is 0.630 bits per heavy atom. The van der Waals surface area contributed by atoms with Crippen molar-refractivity contribution in [2.75, 3.05) is 0 Å². The molecule has 0 aromatic heterocycles. The first kappa shape index (κ1) is 26.4. The first-order valence-corrected chi connectivity index (χ1v) is 15.9. The van der Waals surface area contributed by atoms with Gasteiger partial charge in [0.05, 0.1) is 0 Å². The van der Waals surface area contributed by atoms with Gasteiger partial charge >= 0.3 is 0 Å². The molecule has 214 valence electrons. The second-order valence-electron chi connectivity index (χ2n) is 12.1. The third-order valence-corrected chi connectivity index (χ3v) is 9.47. The van der Waals surface area contributed by atoms with Gasteiger partial charge in [-0.2, -0.15) is 0 Å². The highest BCUT2D eigenvalue weighted by molar-refractivity contribution is 6.23. The highest BCUT2D eigenvalue weighted by Crippen LogP contribution is 2.45. The van der Waals surface area contributed by atoms with E-state index in [0.717, 1.165) is 0 Å². The fourth-order valence-electron chi connectivity index (χ4n) is 7.23. The number of hydrogen-bond donors (Lipinski definition) is 0. The monoisotopic (exact) mass is 582 g/mol. The van der Waals surface area contributed by atoms with Crippen LogP contribution in [-0.2, 0) is 0 Å². The van der Waals surface area contributed by atoms with E-state index in [2.05, 4.69) is 182 Å². The maximum Gasteiger partial charge on any atom is -0.00201 e. The fourth-order valence-corrected chi connectivity index (χ4v) is 7.23. The summed E-state index contributed by atoms with van der Waals surface area (Å²) in [7, 11) is 0. The minimum Gasteiger partial charge on any atom is -0.0616 e. The second-order valence-corrected chi connectivity index (χ2v) is 12.1. The zero-order valence-corrected chi connectivity index (χ0v) is 25.3. The molecule has 0 aliphatic carbocycles. The Balaban J connectivity index is 1.14. The first-order valence-electron chi connectivity index (χ1n) is 15.9. The maximum atomic E-state index is 2.29. The summed E-state index contributed by atoms with van der Waals surface area (Å²) >= 11 is 0. The summed E-state index contributed by atoms with van der Waals surface area (Å²) in [6, 6.07) is 66.5. The molecule has 9 aromatic rings.